The molecule has 1 fully saturated rings. The smallest absolute Gasteiger partial charge is 0.265 e. The molecule has 98 valence electrons. The van der Waals surface area contributed by atoms with Crippen molar-refractivity contribution in [1.82, 2.24) is 14.7 Å². The zero-order valence-electron chi connectivity index (χ0n) is 10.1. The highest BCUT2D eigenvalue weighted by Gasteiger charge is 2.21. The van der Waals surface area contributed by atoms with Crippen molar-refractivity contribution < 1.29 is 9.53 Å². The van der Waals surface area contributed by atoms with Gasteiger partial charge in [-0.3, -0.25) is 19.5 Å². The number of aromatic nitrogens is 2. The maximum absolute atomic E-state index is 12.0. The summed E-state index contributed by atoms with van der Waals surface area (Å²) >= 11 is 0. The highest BCUT2D eigenvalue weighted by Crippen LogP contribution is 2.04. The average molecular weight is 253 g/mol. The van der Waals surface area contributed by atoms with E-state index in [4.69, 9.17) is 4.74 Å². The summed E-state index contributed by atoms with van der Waals surface area (Å²) in [5.41, 5.74) is -0.804. The van der Waals surface area contributed by atoms with Gasteiger partial charge in [-0.2, -0.15) is 0 Å². The summed E-state index contributed by atoms with van der Waals surface area (Å²) in [4.78, 5) is 36.1. The molecular weight excluding hydrogens is 238 g/mol. The van der Waals surface area contributed by atoms with E-state index in [2.05, 4.69) is 5.10 Å². The third-order valence-corrected chi connectivity index (χ3v) is 2.78. The Morgan fingerprint density at radius 1 is 1.50 bits per heavy atom. The molecule has 1 aliphatic heterocycles. The molecule has 0 spiro atoms. The van der Waals surface area contributed by atoms with E-state index < -0.39 is 11.1 Å². The number of amides is 1. The molecule has 1 unspecified atom stereocenters. The van der Waals surface area contributed by atoms with Gasteiger partial charge in [0.15, 0.2) is 0 Å². The summed E-state index contributed by atoms with van der Waals surface area (Å²) in [6, 6.07) is 2.29. The first kappa shape index (κ1) is 12.6. The Kier molecular flexibility index (Phi) is 3.61. The first-order valence-corrected chi connectivity index (χ1v) is 5.76. The molecule has 0 radical (unpaired) electrons. The van der Waals surface area contributed by atoms with Gasteiger partial charge in [-0.15, -0.1) is 0 Å². The lowest BCUT2D eigenvalue weighted by Gasteiger charge is -2.31. The zero-order valence-corrected chi connectivity index (χ0v) is 10.1. The van der Waals surface area contributed by atoms with E-state index in [1.165, 1.54) is 0 Å². The zero-order chi connectivity index (χ0) is 13.1. The van der Waals surface area contributed by atoms with Crippen LogP contribution in [0.2, 0.25) is 0 Å². The molecule has 0 aliphatic carbocycles. The first-order valence-electron chi connectivity index (χ1n) is 5.76. The van der Waals surface area contributed by atoms with Gasteiger partial charge < -0.3 is 9.64 Å². The van der Waals surface area contributed by atoms with Gasteiger partial charge >= 0.3 is 0 Å². The minimum absolute atomic E-state index is 0.00533. The lowest BCUT2D eigenvalue weighted by atomic mass is 10.3. The molecule has 1 aliphatic rings. The number of hydrogen-bond donors (Lipinski definition) is 1. The van der Waals surface area contributed by atoms with Gasteiger partial charge in [0.25, 0.3) is 11.1 Å². The summed E-state index contributed by atoms with van der Waals surface area (Å²) in [6.45, 7) is 3.24. The molecule has 18 heavy (non-hydrogen) atoms. The molecule has 7 heteroatoms. The lowest BCUT2D eigenvalue weighted by Crippen LogP contribution is -2.47. The van der Waals surface area contributed by atoms with E-state index in [1.807, 2.05) is 6.92 Å². The Labute approximate surface area is 103 Å². The Morgan fingerprint density at radius 3 is 3.00 bits per heavy atom. The highest BCUT2D eigenvalue weighted by atomic mass is 16.5. The van der Waals surface area contributed by atoms with Crippen molar-refractivity contribution in [2.24, 2.45) is 0 Å². The van der Waals surface area contributed by atoms with Crippen LogP contribution >= 0.6 is 0 Å². The van der Waals surface area contributed by atoms with E-state index >= 15 is 0 Å². The van der Waals surface area contributed by atoms with Crippen LogP contribution < -0.4 is 11.1 Å². The summed E-state index contributed by atoms with van der Waals surface area (Å²) in [5, 5.41) is 2.33. The summed E-state index contributed by atoms with van der Waals surface area (Å²) in [7, 11) is 0. The molecular formula is C11H15N3O4. The number of ether oxygens (including phenoxy) is 1. The number of morpholine rings is 1. The van der Waals surface area contributed by atoms with Crippen molar-refractivity contribution in [2.75, 3.05) is 19.7 Å². The van der Waals surface area contributed by atoms with Crippen LogP contribution in [0, 0.1) is 0 Å². The predicted octanol–water partition coefficient (Wildman–Crippen LogP) is -1.22. The third-order valence-electron chi connectivity index (χ3n) is 2.78. The maximum Gasteiger partial charge on any atom is 0.265 e. The standard InChI is InChI=1S/C11H15N3O4/c1-8-6-13(4-5-18-8)11(17)7-14-10(16)3-2-9(15)12-14/h2-3,8H,4-7H2,1H3,(H,12,15). The molecule has 7 nitrogen and oxygen atoms in total. The van der Waals surface area contributed by atoms with Crippen molar-refractivity contribution in [1.29, 1.82) is 0 Å². The van der Waals surface area contributed by atoms with Crippen molar-refractivity contribution in [3.63, 3.8) is 0 Å². The van der Waals surface area contributed by atoms with Crippen molar-refractivity contribution >= 4 is 5.91 Å². The van der Waals surface area contributed by atoms with Crippen LogP contribution in [0.15, 0.2) is 21.7 Å². The minimum Gasteiger partial charge on any atom is -0.375 e. The highest BCUT2D eigenvalue weighted by molar-refractivity contribution is 5.76. The normalized spacial score (nSPS) is 19.8. The monoisotopic (exact) mass is 253 g/mol. The molecule has 1 aromatic rings. The molecule has 1 aromatic heterocycles. The number of nitrogens with zero attached hydrogens (tertiary/aromatic N) is 2. The number of rotatable bonds is 2. The van der Waals surface area contributed by atoms with E-state index in [9.17, 15) is 14.4 Å². The Hall–Kier alpha value is -1.89. The molecule has 2 rings (SSSR count). The van der Waals surface area contributed by atoms with Gasteiger partial charge in [0.1, 0.15) is 6.54 Å². The van der Waals surface area contributed by atoms with Crippen molar-refractivity contribution in [2.45, 2.75) is 19.6 Å². The largest absolute Gasteiger partial charge is 0.375 e. The molecule has 1 amide bonds. The molecule has 1 atom stereocenters. The van der Waals surface area contributed by atoms with Crippen LogP contribution in [0.3, 0.4) is 0 Å². The quantitative estimate of drug-likeness (QED) is 0.716. The Bertz CT molecular complexity index is 548. The second-order valence-electron chi connectivity index (χ2n) is 4.25. The average Bonchev–Trinajstić information content (AvgIpc) is 2.34. The van der Waals surface area contributed by atoms with Gasteiger partial charge in [-0.25, -0.2) is 4.68 Å². The van der Waals surface area contributed by atoms with E-state index in [-0.39, 0.29) is 18.6 Å². The summed E-state index contributed by atoms with van der Waals surface area (Å²) < 4.78 is 6.35. The second-order valence-corrected chi connectivity index (χ2v) is 4.25. The Balaban J connectivity index is 2.09. The van der Waals surface area contributed by atoms with Crippen molar-refractivity contribution in [3.05, 3.63) is 32.8 Å². The van der Waals surface area contributed by atoms with Gasteiger partial charge in [0.05, 0.1) is 12.7 Å². The van der Waals surface area contributed by atoms with E-state index in [0.29, 0.717) is 19.7 Å². The van der Waals surface area contributed by atoms with Crippen LogP contribution in [0.5, 0.6) is 0 Å². The topological polar surface area (TPSA) is 84.4 Å². The molecule has 0 saturated carbocycles. The van der Waals surface area contributed by atoms with Crippen LogP contribution in [-0.4, -0.2) is 46.4 Å². The number of carbonyl (C=O) groups is 1. The number of carbonyl (C=O) groups excluding carboxylic acids is 1. The van der Waals surface area contributed by atoms with Crippen LogP contribution in [-0.2, 0) is 16.1 Å². The summed E-state index contributed by atoms with van der Waals surface area (Å²) in [6.07, 6.45) is -0.00533. The van der Waals surface area contributed by atoms with Crippen LogP contribution in [0.25, 0.3) is 0 Å². The predicted molar refractivity (Wildman–Crippen MR) is 63.3 cm³/mol. The van der Waals surface area contributed by atoms with Gasteiger partial charge in [0.2, 0.25) is 5.91 Å². The molecule has 0 aromatic carbocycles. The number of aromatic amines is 1. The van der Waals surface area contributed by atoms with Gasteiger partial charge in [0, 0.05) is 25.2 Å². The van der Waals surface area contributed by atoms with E-state index in [0.717, 1.165) is 16.8 Å². The minimum atomic E-state index is -0.405. The summed E-state index contributed by atoms with van der Waals surface area (Å²) in [5.74, 6) is -0.200. The van der Waals surface area contributed by atoms with E-state index in [1.54, 1.807) is 4.90 Å². The fraction of sp³-hybridized carbons (Fsp3) is 0.545. The fourth-order valence-corrected chi connectivity index (χ4v) is 1.86. The maximum atomic E-state index is 12.0. The number of hydrogen-bond acceptors (Lipinski definition) is 4. The second kappa shape index (κ2) is 5.18. The van der Waals surface area contributed by atoms with Crippen LogP contribution in [0.1, 0.15) is 6.92 Å². The Morgan fingerprint density at radius 2 is 2.28 bits per heavy atom. The van der Waals surface area contributed by atoms with Crippen LogP contribution in [0.4, 0.5) is 0 Å². The van der Waals surface area contributed by atoms with Gasteiger partial charge in [-0.05, 0) is 6.92 Å². The molecule has 0 bridgehead atoms. The van der Waals surface area contributed by atoms with Crippen molar-refractivity contribution in [3.8, 4) is 0 Å². The molecule has 1 saturated heterocycles. The fourth-order valence-electron chi connectivity index (χ4n) is 1.86. The molecule has 2 heterocycles. The number of H-pyrrole nitrogens is 1. The molecule has 1 N–H and O–H groups in total. The lowest BCUT2D eigenvalue weighted by molar-refractivity contribution is -0.139. The SMILES string of the molecule is CC1CN(C(=O)Cn2[nH]c(=O)ccc2=O)CCO1. The van der Waals surface area contributed by atoms with Gasteiger partial charge in [-0.1, -0.05) is 0 Å². The first-order chi connectivity index (χ1) is 8.56. The number of nitrogens with one attached hydrogen (secondary N) is 1. The third kappa shape index (κ3) is 2.86.